The summed E-state index contributed by atoms with van der Waals surface area (Å²) in [5.41, 5.74) is 2.67. The van der Waals surface area contributed by atoms with Crippen LogP contribution in [-0.4, -0.2) is 0 Å². The second-order valence-corrected chi connectivity index (χ2v) is 2.67. The van der Waals surface area contributed by atoms with Crippen LogP contribution in [0.4, 0.5) is 0 Å². The molecule has 0 aromatic heterocycles. The van der Waals surface area contributed by atoms with Crippen LogP contribution in [-0.2, 0) is 0 Å². The summed E-state index contributed by atoms with van der Waals surface area (Å²) in [5.74, 6) is 0. The van der Waals surface area contributed by atoms with Crippen LogP contribution in [0.25, 0.3) is 6.08 Å². The van der Waals surface area contributed by atoms with Gasteiger partial charge in [0.15, 0.2) is 0 Å². The van der Waals surface area contributed by atoms with E-state index in [2.05, 4.69) is 50.3 Å². The second-order valence-electron chi connectivity index (χ2n) is 2.67. The Kier molecular flexibility index (Phi) is 2.91. The molecule has 0 spiro atoms. The minimum Gasteiger partial charge on any atom is -0.0842 e. The van der Waals surface area contributed by atoms with Gasteiger partial charge in [-0.25, -0.2) is 0 Å². The van der Waals surface area contributed by atoms with E-state index in [1.807, 2.05) is 0 Å². The van der Waals surface area contributed by atoms with Crippen LogP contribution in [0.2, 0.25) is 0 Å². The molecule has 1 aromatic carbocycles. The van der Waals surface area contributed by atoms with Gasteiger partial charge < -0.3 is 0 Å². The molecule has 1 rings (SSSR count). The number of allylic oxidation sites excluding steroid dienone is 1. The first-order chi connectivity index (χ1) is 5.34. The van der Waals surface area contributed by atoms with E-state index in [4.69, 9.17) is 0 Å². The van der Waals surface area contributed by atoms with Crippen molar-refractivity contribution in [1.29, 1.82) is 0 Å². The zero-order chi connectivity index (χ0) is 8.10. The average Bonchev–Trinajstić information content (AvgIpc) is 2.03. The van der Waals surface area contributed by atoms with Crippen molar-refractivity contribution in [2.24, 2.45) is 0 Å². The summed E-state index contributed by atoms with van der Waals surface area (Å²) < 4.78 is 0. The molecule has 0 atom stereocenters. The van der Waals surface area contributed by atoms with Crippen molar-refractivity contribution < 1.29 is 0 Å². The molecule has 0 fully saturated rings. The predicted molar refractivity (Wildman–Crippen MR) is 50.5 cm³/mol. The Bertz CT molecular complexity index is 246. The van der Waals surface area contributed by atoms with E-state index in [0.29, 0.717) is 0 Å². The van der Waals surface area contributed by atoms with E-state index < -0.39 is 0 Å². The van der Waals surface area contributed by atoms with Crippen LogP contribution in [0.3, 0.4) is 0 Å². The molecular weight excluding hydrogens is 132 g/mol. The molecule has 11 heavy (non-hydrogen) atoms. The summed E-state index contributed by atoms with van der Waals surface area (Å²) in [4.78, 5) is 0. The van der Waals surface area contributed by atoms with Gasteiger partial charge in [-0.2, -0.15) is 0 Å². The van der Waals surface area contributed by atoms with Crippen LogP contribution in [0.1, 0.15) is 24.5 Å². The lowest BCUT2D eigenvalue weighted by atomic mass is 10.1. The van der Waals surface area contributed by atoms with Gasteiger partial charge in [0.05, 0.1) is 0 Å². The maximum Gasteiger partial charge on any atom is -0.0231 e. The first kappa shape index (κ1) is 8.06. The lowest BCUT2D eigenvalue weighted by Crippen LogP contribution is -1.76. The second kappa shape index (κ2) is 3.97. The van der Waals surface area contributed by atoms with Crippen molar-refractivity contribution in [1.82, 2.24) is 0 Å². The van der Waals surface area contributed by atoms with E-state index in [9.17, 15) is 0 Å². The van der Waals surface area contributed by atoms with Gasteiger partial charge in [-0.3, -0.25) is 0 Å². The standard InChI is InChI=1S/C11H14/c1-3-4-8-11-9-6-5-7-10(11)2/h4-9H,3H2,1-2H3. The quantitative estimate of drug-likeness (QED) is 0.599. The highest BCUT2D eigenvalue weighted by atomic mass is 13.9. The third-order valence-electron chi connectivity index (χ3n) is 1.72. The molecular formula is C11H14. The van der Waals surface area contributed by atoms with Crippen LogP contribution < -0.4 is 0 Å². The Morgan fingerprint density at radius 1 is 1.27 bits per heavy atom. The van der Waals surface area contributed by atoms with Crippen LogP contribution in [0.15, 0.2) is 30.3 Å². The Labute approximate surface area is 68.6 Å². The van der Waals surface area contributed by atoms with Crippen LogP contribution in [0.5, 0.6) is 0 Å². The van der Waals surface area contributed by atoms with Gasteiger partial charge in [0.25, 0.3) is 0 Å². The highest BCUT2D eigenvalue weighted by Gasteiger charge is 1.88. The Hall–Kier alpha value is -1.04. The molecule has 0 saturated heterocycles. The minimum atomic E-state index is 1.11. The van der Waals surface area contributed by atoms with E-state index >= 15 is 0 Å². The zero-order valence-corrected chi connectivity index (χ0v) is 7.17. The third kappa shape index (κ3) is 2.23. The van der Waals surface area contributed by atoms with Gasteiger partial charge in [0.2, 0.25) is 0 Å². The molecule has 58 valence electrons. The van der Waals surface area contributed by atoms with Crippen molar-refractivity contribution in [3.63, 3.8) is 0 Å². The fraction of sp³-hybridized carbons (Fsp3) is 0.273. The molecule has 0 saturated carbocycles. The number of aryl methyl sites for hydroxylation is 1. The lowest BCUT2D eigenvalue weighted by Gasteiger charge is -1.96. The van der Waals surface area contributed by atoms with Gasteiger partial charge in [0.1, 0.15) is 0 Å². The SMILES string of the molecule is CCC=Cc1ccccc1C. The fourth-order valence-corrected chi connectivity index (χ4v) is 1.02. The Morgan fingerprint density at radius 2 is 2.00 bits per heavy atom. The van der Waals surface area contributed by atoms with E-state index in [1.54, 1.807) is 0 Å². The molecule has 0 heterocycles. The molecule has 0 radical (unpaired) electrons. The van der Waals surface area contributed by atoms with Gasteiger partial charge in [0, 0.05) is 0 Å². The minimum absolute atomic E-state index is 1.11. The van der Waals surface area contributed by atoms with E-state index in [0.717, 1.165) is 6.42 Å². The number of hydrogen-bond acceptors (Lipinski definition) is 0. The molecule has 1 aromatic rings. The highest BCUT2D eigenvalue weighted by molar-refractivity contribution is 5.52. The first-order valence-electron chi connectivity index (χ1n) is 4.06. The predicted octanol–water partition coefficient (Wildman–Crippen LogP) is 3.42. The maximum atomic E-state index is 2.18. The molecule has 0 nitrogen and oxygen atoms in total. The number of rotatable bonds is 2. The summed E-state index contributed by atoms with van der Waals surface area (Å²) in [6, 6.07) is 8.41. The highest BCUT2D eigenvalue weighted by Crippen LogP contribution is 2.08. The van der Waals surface area contributed by atoms with Crippen LogP contribution >= 0.6 is 0 Å². The molecule has 0 aliphatic heterocycles. The topological polar surface area (TPSA) is 0 Å². The summed E-state index contributed by atoms with van der Waals surface area (Å²) in [7, 11) is 0. The van der Waals surface area contributed by atoms with Crippen molar-refractivity contribution in [2.75, 3.05) is 0 Å². The molecule has 0 heteroatoms. The summed E-state index contributed by atoms with van der Waals surface area (Å²) >= 11 is 0. The first-order valence-corrected chi connectivity index (χ1v) is 4.06. The van der Waals surface area contributed by atoms with Gasteiger partial charge in [-0.05, 0) is 24.5 Å². The maximum absolute atomic E-state index is 2.18. The van der Waals surface area contributed by atoms with Gasteiger partial charge in [-0.15, -0.1) is 0 Å². The van der Waals surface area contributed by atoms with Gasteiger partial charge in [-0.1, -0.05) is 43.3 Å². The number of hydrogen-bond donors (Lipinski definition) is 0. The van der Waals surface area contributed by atoms with Crippen molar-refractivity contribution in [3.8, 4) is 0 Å². The molecule has 0 bridgehead atoms. The molecule has 0 aliphatic rings. The molecule has 0 N–H and O–H groups in total. The number of benzene rings is 1. The fourth-order valence-electron chi connectivity index (χ4n) is 1.02. The van der Waals surface area contributed by atoms with E-state index in [-0.39, 0.29) is 0 Å². The normalized spacial score (nSPS) is 10.7. The molecule has 0 amide bonds. The van der Waals surface area contributed by atoms with E-state index in [1.165, 1.54) is 11.1 Å². The third-order valence-corrected chi connectivity index (χ3v) is 1.72. The Morgan fingerprint density at radius 3 is 2.64 bits per heavy atom. The van der Waals surface area contributed by atoms with Crippen LogP contribution in [0, 0.1) is 6.92 Å². The lowest BCUT2D eigenvalue weighted by molar-refractivity contribution is 1.23. The summed E-state index contributed by atoms with van der Waals surface area (Å²) in [6.45, 7) is 4.28. The van der Waals surface area contributed by atoms with Gasteiger partial charge >= 0.3 is 0 Å². The monoisotopic (exact) mass is 146 g/mol. The largest absolute Gasteiger partial charge is 0.0842 e. The zero-order valence-electron chi connectivity index (χ0n) is 7.17. The Balaban J connectivity index is 2.86. The summed E-state index contributed by atoms with van der Waals surface area (Å²) in [5, 5.41) is 0. The molecule has 0 unspecified atom stereocenters. The smallest absolute Gasteiger partial charge is 0.0231 e. The summed E-state index contributed by atoms with van der Waals surface area (Å²) in [6.07, 6.45) is 5.46. The van der Waals surface area contributed by atoms with Crippen molar-refractivity contribution >= 4 is 6.08 Å². The average molecular weight is 146 g/mol. The van der Waals surface area contributed by atoms with Crippen molar-refractivity contribution in [2.45, 2.75) is 20.3 Å². The molecule has 0 aliphatic carbocycles. The van der Waals surface area contributed by atoms with Crippen molar-refractivity contribution in [3.05, 3.63) is 41.5 Å².